The van der Waals surface area contributed by atoms with E-state index < -0.39 is 23.4 Å². The Balaban J connectivity index is 1.56. The predicted molar refractivity (Wildman–Crippen MR) is 154 cm³/mol. The summed E-state index contributed by atoms with van der Waals surface area (Å²) in [6.45, 7) is 0. The van der Waals surface area contributed by atoms with Gasteiger partial charge in [0.15, 0.2) is 28.8 Å². The molecule has 198 valence electrons. The molecular formula is C33H25NO5S. The number of carbonyl (C=O) groups excluding carboxylic acids is 3. The van der Waals surface area contributed by atoms with E-state index in [-0.39, 0.29) is 17.3 Å². The Morgan fingerprint density at radius 3 is 2.23 bits per heavy atom. The van der Waals surface area contributed by atoms with Crippen molar-refractivity contribution in [1.29, 1.82) is 0 Å². The van der Waals surface area contributed by atoms with Crippen LogP contribution in [0.2, 0.25) is 0 Å². The second-order valence-corrected chi connectivity index (χ2v) is 11.2. The molecule has 3 unspecified atom stereocenters. The number of carbonyl (C=O) groups is 3. The van der Waals surface area contributed by atoms with Crippen LogP contribution in [0.25, 0.3) is 6.08 Å². The molecule has 7 rings (SSSR count). The van der Waals surface area contributed by atoms with Gasteiger partial charge in [-0.1, -0.05) is 66.7 Å². The van der Waals surface area contributed by atoms with E-state index in [4.69, 9.17) is 9.47 Å². The van der Waals surface area contributed by atoms with Gasteiger partial charge in [-0.3, -0.25) is 14.4 Å². The zero-order valence-electron chi connectivity index (χ0n) is 21.9. The Morgan fingerprint density at radius 2 is 1.55 bits per heavy atom. The number of benzene rings is 3. The third-order valence-corrected chi connectivity index (χ3v) is 9.40. The Kier molecular flexibility index (Phi) is 5.54. The molecule has 0 N–H and O–H groups in total. The molecule has 0 saturated carbocycles. The minimum Gasteiger partial charge on any atom is -0.493 e. The molecule has 3 aromatic carbocycles. The van der Waals surface area contributed by atoms with E-state index in [2.05, 4.69) is 0 Å². The summed E-state index contributed by atoms with van der Waals surface area (Å²) in [6, 6.07) is 22.4. The van der Waals surface area contributed by atoms with Gasteiger partial charge in [0.2, 0.25) is 0 Å². The lowest BCUT2D eigenvalue weighted by Gasteiger charge is -2.37. The highest BCUT2D eigenvalue weighted by Crippen LogP contribution is 2.61. The summed E-state index contributed by atoms with van der Waals surface area (Å²) in [4.78, 5) is 46.5. The number of methoxy groups -OCH3 is 2. The van der Waals surface area contributed by atoms with Crippen LogP contribution in [0.1, 0.15) is 47.4 Å². The Hall–Kier alpha value is -4.49. The molecule has 3 atom stereocenters. The second kappa shape index (κ2) is 9.03. The molecular weight excluding hydrogens is 522 g/mol. The first kappa shape index (κ1) is 24.5. The Bertz CT molecular complexity index is 1690. The van der Waals surface area contributed by atoms with Crippen molar-refractivity contribution in [2.24, 2.45) is 5.41 Å². The van der Waals surface area contributed by atoms with Crippen molar-refractivity contribution >= 4 is 40.4 Å². The summed E-state index contributed by atoms with van der Waals surface area (Å²) in [7, 11) is 3.10. The summed E-state index contributed by atoms with van der Waals surface area (Å²) >= 11 is 1.36. The maximum atomic E-state index is 14.7. The minimum absolute atomic E-state index is 0.127. The number of Topliss-reactive ketones (excluding diaryl/α,β-unsaturated/α-hetero) is 3. The quantitative estimate of drug-likeness (QED) is 0.223. The predicted octanol–water partition coefficient (Wildman–Crippen LogP) is 6.08. The van der Waals surface area contributed by atoms with Crippen LogP contribution in [0.4, 0.5) is 5.69 Å². The topological polar surface area (TPSA) is 72.9 Å². The van der Waals surface area contributed by atoms with E-state index in [1.54, 1.807) is 56.7 Å². The van der Waals surface area contributed by atoms with E-state index >= 15 is 0 Å². The van der Waals surface area contributed by atoms with Gasteiger partial charge in [-0.05, 0) is 40.8 Å². The van der Waals surface area contributed by atoms with Crippen molar-refractivity contribution in [3.8, 4) is 11.5 Å². The number of rotatable bonds is 5. The number of hydrogen-bond donors (Lipinski definition) is 0. The van der Waals surface area contributed by atoms with Crippen LogP contribution in [0.15, 0.2) is 90.3 Å². The number of nitrogens with zero attached hydrogens (tertiary/aromatic N) is 1. The van der Waals surface area contributed by atoms with Gasteiger partial charge >= 0.3 is 0 Å². The van der Waals surface area contributed by atoms with Gasteiger partial charge in [-0.15, -0.1) is 11.3 Å². The highest BCUT2D eigenvalue weighted by atomic mass is 32.1. The number of anilines is 1. The number of thiophene rings is 1. The first-order chi connectivity index (χ1) is 19.5. The standard InChI is InChI=1S/C33H25NO5S/c1-38-24-15-13-20(18-25(24)39-2)28-29(30(35)26-12-7-17-40-26)34-23-11-6-3-8-19(23)14-16-27(34)33(28)31(36)21-9-4-5-10-22(21)32(33)37/h3-18,27-29H,1-2H3. The largest absolute Gasteiger partial charge is 0.493 e. The van der Waals surface area contributed by atoms with Crippen molar-refractivity contribution in [3.63, 3.8) is 0 Å². The van der Waals surface area contributed by atoms with Gasteiger partial charge in [0.1, 0.15) is 11.5 Å². The fourth-order valence-electron chi connectivity index (χ4n) is 6.90. The molecule has 0 amide bonds. The highest BCUT2D eigenvalue weighted by Gasteiger charge is 2.71. The van der Waals surface area contributed by atoms with Crippen molar-refractivity contribution in [2.45, 2.75) is 18.0 Å². The number of ether oxygens (including phenoxy) is 2. The SMILES string of the molecule is COc1ccc(C2C(C(=O)c3cccs3)N3c4ccccc4C=CC3C23C(=O)c2ccccc2C3=O)cc1OC. The maximum absolute atomic E-state index is 14.7. The van der Waals surface area contributed by atoms with Crippen LogP contribution < -0.4 is 14.4 Å². The van der Waals surface area contributed by atoms with Crippen molar-refractivity contribution in [2.75, 3.05) is 19.1 Å². The number of ketones is 3. The molecule has 1 spiro atoms. The number of para-hydroxylation sites is 1. The average molecular weight is 548 g/mol. The van der Waals surface area contributed by atoms with Crippen molar-refractivity contribution in [1.82, 2.24) is 0 Å². The molecule has 4 aromatic rings. The normalized spacial score (nSPS) is 21.8. The molecule has 0 bridgehead atoms. The Labute approximate surface area is 235 Å². The lowest BCUT2D eigenvalue weighted by Crippen LogP contribution is -2.48. The molecule has 1 aliphatic carbocycles. The van der Waals surface area contributed by atoms with Gasteiger partial charge in [0.05, 0.1) is 25.1 Å². The summed E-state index contributed by atoms with van der Waals surface area (Å²) in [5, 5.41) is 1.87. The molecule has 2 aliphatic heterocycles. The van der Waals surface area contributed by atoms with Crippen LogP contribution in [-0.2, 0) is 0 Å². The first-order valence-corrected chi connectivity index (χ1v) is 13.9. The molecule has 1 saturated heterocycles. The van der Waals surface area contributed by atoms with E-state index in [1.807, 2.05) is 58.8 Å². The molecule has 1 fully saturated rings. The molecule has 7 heteroatoms. The molecule has 6 nitrogen and oxygen atoms in total. The number of hydrogen-bond acceptors (Lipinski definition) is 7. The van der Waals surface area contributed by atoms with Gasteiger partial charge in [-0.25, -0.2) is 0 Å². The third kappa shape index (κ3) is 3.12. The molecule has 3 heterocycles. The van der Waals surface area contributed by atoms with Crippen LogP contribution in [0, 0.1) is 5.41 Å². The zero-order chi connectivity index (χ0) is 27.6. The van der Waals surface area contributed by atoms with Gasteiger partial charge in [0, 0.05) is 22.7 Å². The van der Waals surface area contributed by atoms with E-state index in [0.29, 0.717) is 33.1 Å². The van der Waals surface area contributed by atoms with Gasteiger partial charge in [-0.2, -0.15) is 0 Å². The fraction of sp³-hybridized carbons (Fsp3) is 0.182. The smallest absolute Gasteiger partial charge is 0.195 e. The maximum Gasteiger partial charge on any atom is 0.195 e. The summed E-state index contributed by atoms with van der Waals surface area (Å²) in [6.07, 6.45) is 3.89. The first-order valence-electron chi connectivity index (χ1n) is 13.1. The second-order valence-electron chi connectivity index (χ2n) is 10.2. The summed E-state index contributed by atoms with van der Waals surface area (Å²) in [5.74, 6) is -0.446. The zero-order valence-corrected chi connectivity index (χ0v) is 22.7. The third-order valence-electron chi connectivity index (χ3n) is 8.51. The molecule has 1 aromatic heterocycles. The van der Waals surface area contributed by atoms with E-state index in [0.717, 1.165) is 11.3 Å². The van der Waals surface area contributed by atoms with Crippen LogP contribution >= 0.6 is 11.3 Å². The van der Waals surface area contributed by atoms with Crippen LogP contribution in [-0.4, -0.2) is 43.7 Å². The van der Waals surface area contributed by atoms with E-state index in [9.17, 15) is 14.4 Å². The summed E-state index contributed by atoms with van der Waals surface area (Å²) < 4.78 is 11.1. The number of fused-ring (bicyclic) bond motifs is 5. The minimum atomic E-state index is -1.55. The summed E-state index contributed by atoms with van der Waals surface area (Å²) in [5.41, 5.74) is 1.67. The highest BCUT2D eigenvalue weighted by molar-refractivity contribution is 7.12. The van der Waals surface area contributed by atoms with Crippen LogP contribution in [0.3, 0.4) is 0 Å². The lowest BCUT2D eigenvalue weighted by atomic mass is 9.64. The van der Waals surface area contributed by atoms with Crippen molar-refractivity contribution < 1.29 is 23.9 Å². The molecule has 3 aliphatic rings. The van der Waals surface area contributed by atoms with Crippen molar-refractivity contribution in [3.05, 3.63) is 117 Å². The van der Waals surface area contributed by atoms with Crippen LogP contribution in [0.5, 0.6) is 11.5 Å². The lowest BCUT2D eigenvalue weighted by molar-refractivity contribution is 0.0666. The molecule has 0 radical (unpaired) electrons. The Morgan fingerprint density at radius 1 is 0.850 bits per heavy atom. The fourth-order valence-corrected chi connectivity index (χ4v) is 7.60. The van der Waals surface area contributed by atoms with Gasteiger partial charge < -0.3 is 14.4 Å². The van der Waals surface area contributed by atoms with E-state index in [1.165, 1.54) is 11.3 Å². The monoisotopic (exact) mass is 547 g/mol. The molecule has 40 heavy (non-hydrogen) atoms. The van der Waals surface area contributed by atoms with Gasteiger partial charge in [0.25, 0.3) is 0 Å². The average Bonchev–Trinajstić information content (AvgIpc) is 3.70.